The third-order valence-electron chi connectivity index (χ3n) is 2.84. The van der Waals surface area contributed by atoms with E-state index in [-0.39, 0.29) is 5.82 Å². The van der Waals surface area contributed by atoms with E-state index in [9.17, 15) is 4.39 Å². The van der Waals surface area contributed by atoms with Crippen LogP contribution in [0.1, 0.15) is 31.0 Å². The van der Waals surface area contributed by atoms with Gasteiger partial charge in [-0.1, -0.05) is 26.0 Å². The number of fused-ring (bicyclic) bond motifs is 1. The Morgan fingerprint density at radius 3 is 2.75 bits per heavy atom. The molecule has 0 radical (unpaired) electrons. The minimum Gasteiger partial charge on any atom is -0.355 e. The molecule has 2 aromatic rings. The number of para-hydroxylation sites is 1. The molecule has 2 N–H and O–H groups in total. The number of aromatic amines is 1. The van der Waals surface area contributed by atoms with Gasteiger partial charge >= 0.3 is 0 Å². The standard InChI is InChI=1S/C13H17FN2/c1-8(2)12-9-5-4-6-10(14)13(9)16-11(12)7-15-3/h4-6,8,15-16H,7H2,1-3H3. The Morgan fingerprint density at radius 2 is 2.12 bits per heavy atom. The summed E-state index contributed by atoms with van der Waals surface area (Å²) in [7, 11) is 1.89. The smallest absolute Gasteiger partial charge is 0.147 e. The summed E-state index contributed by atoms with van der Waals surface area (Å²) in [6, 6.07) is 5.23. The molecule has 0 atom stereocenters. The van der Waals surface area contributed by atoms with Gasteiger partial charge in [-0.15, -0.1) is 0 Å². The lowest BCUT2D eigenvalue weighted by molar-refractivity contribution is 0.636. The first-order valence-corrected chi connectivity index (χ1v) is 5.58. The summed E-state index contributed by atoms with van der Waals surface area (Å²) in [4.78, 5) is 3.18. The van der Waals surface area contributed by atoms with Crippen molar-refractivity contribution >= 4 is 10.9 Å². The molecule has 0 aliphatic rings. The van der Waals surface area contributed by atoms with Crippen molar-refractivity contribution in [3.8, 4) is 0 Å². The Bertz CT molecular complexity index is 500. The van der Waals surface area contributed by atoms with Crippen LogP contribution in [-0.2, 0) is 6.54 Å². The molecule has 86 valence electrons. The highest BCUT2D eigenvalue weighted by Crippen LogP contribution is 2.30. The molecule has 0 saturated carbocycles. The number of hydrogen-bond donors (Lipinski definition) is 2. The van der Waals surface area contributed by atoms with E-state index in [4.69, 9.17) is 0 Å². The predicted molar refractivity (Wildman–Crippen MR) is 65.1 cm³/mol. The van der Waals surface area contributed by atoms with Gasteiger partial charge in [0.05, 0.1) is 5.52 Å². The first-order chi connectivity index (χ1) is 7.65. The predicted octanol–water partition coefficient (Wildman–Crippen LogP) is 3.15. The number of halogens is 1. The van der Waals surface area contributed by atoms with E-state index in [0.717, 1.165) is 17.6 Å². The Morgan fingerprint density at radius 1 is 1.38 bits per heavy atom. The van der Waals surface area contributed by atoms with Crippen molar-refractivity contribution in [2.75, 3.05) is 7.05 Å². The molecular weight excluding hydrogens is 203 g/mol. The first-order valence-electron chi connectivity index (χ1n) is 5.58. The fraction of sp³-hybridized carbons (Fsp3) is 0.385. The minimum absolute atomic E-state index is 0.179. The summed E-state index contributed by atoms with van der Waals surface area (Å²) in [5.41, 5.74) is 2.91. The van der Waals surface area contributed by atoms with Crippen LogP contribution in [-0.4, -0.2) is 12.0 Å². The highest BCUT2D eigenvalue weighted by molar-refractivity contribution is 5.85. The van der Waals surface area contributed by atoms with Crippen LogP contribution in [0.4, 0.5) is 4.39 Å². The summed E-state index contributed by atoms with van der Waals surface area (Å²) in [6.45, 7) is 5.00. The maximum Gasteiger partial charge on any atom is 0.147 e. The molecule has 0 fully saturated rings. The highest BCUT2D eigenvalue weighted by atomic mass is 19.1. The Kier molecular flexibility index (Phi) is 2.97. The molecule has 0 aliphatic carbocycles. The maximum absolute atomic E-state index is 13.6. The molecular formula is C13H17FN2. The Hall–Kier alpha value is -1.35. The van der Waals surface area contributed by atoms with E-state index in [1.165, 1.54) is 11.6 Å². The van der Waals surface area contributed by atoms with Gasteiger partial charge in [0, 0.05) is 17.6 Å². The second-order valence-corrected chi connectivity index (χ2v) is 4.36. The number of rotatable bonds is 3. The van der Waals surface area contributed by atoms with Crippen LogP contribution in [0.25, 0.3) is 10.9 Å². The van der Waals surface area contributed by atoms with Gasteiger partial charge in [0.2, 0.25) is 0 Å². The zero-order valence-electron chi connectivity index (χ0n) is 9.89. The van der Waals surface area contributed by atoms with Crippen LogP contribution in [0.15, 0.2) is 18.2 Å². The monoisotopic (exact) mass is 220 g/mol. The van der Waals surface area contributed by atoms with Crippen LogP contribution in [0, 0.1) is 5.82 Å². The molecule has 0 spiro atoms. The van der Waals surface area contributed by atoms with Crippen LogP contribution >= 0.6 is 0 Å². The summed E-state index contributed by atoms with van der Waals surface area (Å²) < 4.78 is 13.6. The molecule has 0 amide bonds. The van der Waals surface area contributed by atoms with Crippen molar-refractivity contribution in [3.63, 3.8) is 0 Å². The molecule has 0 unspecified atom stereocenters. The van der Waals surface area contributed by atoms with E-state index in [2.05, 4.69) is 24.1 Å². The molecule has 0 bridgehead atoms. The Labute approximate surface area is 94.9 Å². The maximum atomic E-state index is 13.6. The molecule has 0 aliphatic heterocycles. The van der Waals surface area contributed by atoms with Gasteiger partial charge in [0.15, 0.2) is 0 Å². The van der Waals surface area contributed by atoms with E-state index < -0.39 is 0 Å². The largest absolute Gasteiger partial charge is 0.355 e. The second kappa shape index (κ2) is 4.26. The first kappa shape index (κ1) is 11.1. The van der Waals surface area contributed by atoms with Crippen molar-refractivity contribution in [1.82, 2.24) is 10.3 Å². The third-order valence-corrected chi connectivity index (χ3v) is 2.84. The Balaban J connectivity index is 2.70. The average Bonchev–Trinajstić information content (AvgIpc) is 2.58. The number of H-pyrrole nitrogens is 1. The van der Waals surface area contributed by atoms with Crippen LogP contribution in [0.5, 0.6) is 0 Å². The van der Waals surface area contributed by atoms with E-state index >= 15 is 0 Å². The van der Waals surface area contributed by atoms with Crippen LogP contribution < -0.4 is 5.32 Å². The number of nitrogens with one attached hydrogen (secondary N) is 2. The molecule has 1 aromatic heterocycles. The molecule has 2 rings (SSSR count). The summed E-state index contributed by atoms with van der Waals surface area (Å²) in [5.74, 6) is 0.209. The lowest BCUT2D eigenvalue weighted by Gasteiger charge is -2.07. The second-order valence-electron chi connectivity index (χ2n) is 4.36. The van der Waals surface area contributed by atoms with Gasteiger partial charge in [-0.05, 0) is 24.6 Å². The van der Waals surface area contributed by atoms with Gasteiger partial charge in [-0.3, -0.25) is 0 Å². The fourth-order valence-electron chi connectivity index (χ4n) is 2.23. The molecule has 1 aromatic carbocycles. The zero-order chi connectivity index (χ0) is 11.7. The fourth-order valence-corrected chi connectivity index (χ4v) is 2.23. The molecule has 3 heteroatoms. The zero-order valence-corrected chi connectivity index (χ0v) is 9.89. The van der Waals surface area contributed by atoms with Crippen molar-refractivity contribution in [3.05, 3.63) is 35.3 Å². The number of hydrogen-bond acceptors (Lipinski definition) is 1. The SMILES string of the molecule is CNCc1[nH]c2c(F)cccc2c1C(C)C. The number of aromatic nitrogens is 1. The minimum atomic E-state index is -0.179. The average molecular weight is 220 g/mol. The molecule has 1 heterocycles. The van der Waals surface area contributed by atoms with Gasteiger partial charge < -0.3 is 10.3 Å². The lowest BCUT2D eigenvalue weighted by Crippen LogP contribution is -2.08. The third kappa shape index (κ3) is 1.71. The van der Waals surface area contributed by atoms with Gasteiger partial charge in [-0.2, -0.15) is 0 Å². The van der Waals surface area contributed by atoms with E-state index in [1.54, 1.807) is 6.07 Å². The van der Waals surface area contributed by atoms with Crippen molar-refractivity contribution in [2.24, 2.45) is 0 Å². The number of benzene rings is 1. The normalized spacial score (nSPS) is 11.6. The van der Waals surface area contributed by atoms with Crippen molar-refractivity contribution in [2.45, 2.75) is 26.3 Å². The van der Waals surface area contributed by atoms with Crippen LogP contribution in [0.3, 0.4) is 0 Å². The van der Waals surface area contributed by atoms with Gasteiger partial charge in [0.1, 0.15) is 5.82 Å². The quantitative estimate of drug-likeness (QED) is 0.817. The van der Waals surface area contributed by atoms with Gasteiger partial charge in [0.25, 0.3) is 0 Å². The molecule has 2 nitrogen and oxygen atoms in total. The molecule has 0 saturated heterocycles. The van der Waals surface area contributed by atoms with Gasteiger partial charge in [-0.25, -0.2) is 4.39 Å². The molecule has 16 heavy (non-hydrogen) atoms. The summed E-state index contributed by atoms with van der Waals surface area (Å²) in [6.07, 6.45) is 0. The summed E-state index contributed by atoms with van der Waals surface area (Å²) >= 11 is 0. The van der Waals surface area contributed by atoms with Crippen molar-refractivity contribution in [1.29, 1.82) is 0 Å². The lowest BCUT2D eigenvalue weighted by atomic mass is 9.99. The topological polar surface area (TPSA) is 27.8 Å². The summed E-state index contributed by atoms with van der Waals surface area (Å²) in [5, 5.41) is 4.11. The van der Waals surface area contributed by atoms with E-state index in [0.29, 0.717) is 11.4 Å². The van der Waals surface area contributed by atoms with E-state index in [1.807, 2.05) is 13.1 Å². The highest BCUT2D eigenvalue weighted by Gasteiger charge is 2.15. The van der Waals surface area contributed by atoms with Crippen LogP contribution in [0.2, 0.25) is 0 Å². The van der Waals surface area contributed by atoms with Crippen molar-refractivity contribution < 1.29 is 4.39 Å².